The zero-order valence-corrected chi connectivity index (χ0v) is 14.1. The molecule has 0 aliphatic heterocycles. The van der Waals surface area contributed by atoms with E-state index >= 15 is 0 Å². The van der Waals surface area contributed by atoms with E-state index in [4.69, 9.17) is 9.97 Å². The second-order valence-electron chi connectivity index (χ2n) is 5.21. The maximum Gasteiger partial charge on any atom is 0.171 e. The Morgan fingerprint density at radius 2 is 2.15 bits per heavy atom. The van der Waals surface area contributed by atoms with E-state index in [-0.39, 0.29) is 0 Å². The predicted octanol–water partition coefficient (Wildman–Crippen LogP) is 4.98. The Morgan fingerprint density at radius 1 is 1.35 bits per heavy atom. The highest BCUT2D eigenvalue weighted by molar-refractivity contribution is 9.10. The maximum atomic E-state index is 4.80. The molecule has 20 heavy (non-hydrogen) atoms. The van der Waals surface area contributed by atoms with Gasteiger partial charge in [-0.3, -0.25) is 0 Å². The molecular formula is C15H18BrN3S. The number of halogens is 1. The molecule has 0 unspecified atom stereocenters. The summed E-state index contributed by atoms with van der Waals surface area (Å²) >= 11 is 5.43. The zero-order valence-electron chi connectivity index (χ0n) is 11.7. The zero-order chi connectivity index (χ0) is 14.1. The van der Waals surface area contributed by atoms with Crippen LogP contribution in [0.2, 0.25) is 0 Å². The number of thiophene rings is 1. The molecule has 0 spiro atoms. The smallest absolute Gasteiger partial charge is 0.171 e. The fraction of sp³-hybridized carbons (Fsp3) is 0.467. The first-order valence-corrected chi connectivity index (χ1v) is 8.68. The first kappa shape index (κ1) is 14.0. The van der Waals surface area contributed by atoms with Gasteiger partial charge >= 0.3 is 0 Å². The van der Waals surface area contributed by atoms with Gasteiger partial charge in [-0.25, -0.2) is 9.97 Å². The standard InChI is InChI=1S/C15H18BrN3S/c1-3-8-17-15-12(16)13(10-5-6-10)18-14(19-15)11-7-4-9(2)20-11/h4,7,10H,3,5-6,8H2,1-2H3,(H,17,18,19). The van der Waals surface area contributed by atoms with Crippen LogP contribution in [0.25, 0.3) is 10.7 Å². The normalized spacial score (nSPS) is 14.6. The van der Waals surface area contributed by atoms with Crippen LogP contribution in [-0.2, 0) is 0 Å². The summed E-state index contributed by atoms with van der Waals surface area (Å²) in [6.45, 7) is 5.21. The Hall–Kier alpha value is -0.940. The fourth-order valence-corrected chi connectivity index (χ4v) is 3.56. The van der Waals surface area contributed by atoms with Crippen LogP contribution in [0.15, 0.2) is 16.6 Å². The minimum absolute atomic E-state index is 0.606. The molecule has 106 valence electrons. The molecule has 0 aromatic carbocycles. The molecule has 0 saturated heterocycles. The number of nitrogens with one attached hydrogen (secondary N) is 1. The van der Waals surface area contributed by atoms with Gasteiger partial charge in [0.1, 0.15) is 5.82 Å². The molecule has 0 bridgehead atoms. The lowest BCUT2D eigenvalue weighted by Gasteiger charge is -2.11. The number of nitrogens with zero attached hydrogens (tertiary/aromatic N) is 2. The number of anilines is 1. The molecule has 2 heterocycles. The summed E-state index contributed by atoms with van der Waals surface area (Å²) in [5.41, 5.74) is 1.17. The summed E-state index contributed by atoms with van der Waals surface area (Å²) in [6.07, 6.45) is 3.57. The number of aryl methyl sites for hydroxylation is 1. The Labute approximate surface area is 132 Å². The maximum absolute atomic E-state index is 4.80. The molecule has 0 amide bonds. The Bertz CT molecular complexity index is 620. The third-order valence-corrected chi connectivity index (χ3v) is 5.12. The summed E-state index contributed by atoms with van der Waals surface area (Å²) in [7, 11) is 0. The summed E-state index contributed by atoms with van der Waals surface area (Å²) in [6, 6.07) is 4.24. The van der Waals surface area contributed by atoms with Crippen molar-refractivity contribution in [2.75, 3.05) is 11.9 Å². The van der Waals surface area contributed by atoms with Crippen LogP contribution < -0.4 is 5.32 Å². The predicted molar refractivity (Wildman–Crippen MR) is 88.5 cm³/mol. The first-order chi connectivity index (χ1) is 9.69. The van der Waals surface area contributed by atoms with Crippen LogP contribution in [-0.4, -0.2) is 16.5 Å². The van der Waals surface area contributed by atoms with Crippen molar-refractivity contribution in [2.24, 2.45) is 0 Å². The Kier molecular flexibility index (Phi) is 4.08. The van der Waals surface area contributed by atoms with Gasteiger partial charge in [0.15, 0.2) is 5.82 Å². The third kappa shape index (κ3) is 2.88. The quantitative estimate of drug-likeness (QED) is 0.825. The molecule has 2 aromatic rings. The van der Waals surface area contributed by atoms with Crippen molar-refractivity contribution in [3.8, 4) is 10.7 Å². The van der Waals surface area contributed by atoms with Crippen molar-refractivity contribution < 1.29 is 0 Å². The van der Waals surface area contributed by atoms with E-state index in [9.17, 15) is 0 Å². The van der Waals surface area contributed by atoms with E-state index in [1.165, 1.54) is 23.4 Å². The summed E-state index contributed by atoms with van der Waals surface area (Å²) in [5, 5.41) is 3.41. The molecular weight excluding hydrogens is 334 g/mol. The highest BCUT2D eigenvalue weighted by Crippen LogP contribution is 2.44. The SMILES string of the molecule is CCCNc1nc(-c2ccc(C)s2)nc(C2CC2)c1Br. The van der Waals surface area contributed by atoms with Gasteiger partial charge in [0.2, 0.25) is 0 Å². The van der Waals surface area contributed by atoms with Gasteiger partial charge in [0, 0.05) is 17.3 Å². The van der Waals surface area contributed by atoms with E-state index < -0.39 is 0 Å². The van der Waals surface area contributed by atoms with Crippen LogP contribution in [0.1, 0.15) is 42.7 Å². The van der Waals surface area contributed by atoms with Gasteiger partial charge in [-0.2, -0.15) is 0 Å². The van der Waals surface area contributed by atoms with Gasteiger partial charge in [-0.05, 0) is 54.2 Å². The number of aromatic nitrogens is 2. The van der Waals surface area contributed by atoms with E-state index in [0.29, 0.717) is 5.92 Å². The lowest BCUT2D eigenvalue weighted by molar-refractivity contribution is 0.941. The molecule has 0 atom stereocenters. The highest BCUT2D eigenvalue weighted by atomic mass is 79.9. The first-order valence-electron chi connectivity index (χ1n) is 7.07. The molecule has 0 radical (unpaired) electrons. The van der Waals surface area contributed by atoms with Crippen molar-refractivity contribution >= 4 is 33.1 Å². The van der Waals surface area contributed by atoms with Gasteiger partial charge in [0.05, 0.1) is 15.0 Å². The molecule has 2 aromatic heterocycles. The van der Waals surface area contributed by atoms with E-state index in [1.807, 2.05) is 0 Å². The monoisotopic (exact) mass is 351 g/mol. The molecule has 1 saturated carbocycles. The lowest BCUT2D eigenvalue weighted by Crippen LogP contribution is -2.06. The van der Waals surface area contributed by atoms with Gasteiger partial charge in [0.25, 0.3) is 0 Å². The number of hydrogen-bond acceptors (Lipinski definition) is 4. The average molecular weight is 352 g/mol. The van der Waals surface area contributed by atoms with Crippen molar-refractivity contribution in [3.05, 3.63) is 27.2 Å². The van der Waals surface area contributed by atoms with Crippen molar-refractivity contribution in [2.45, 2.75) is 39.0 Å². The summed E-state index contributed by atoms with van der Waals surface area (Å²) in [4.78, 5) is 11.9. The van der Waals surface area contributed by atoms with Gasteiger partial charge in [-0.15, -0.1) is 11.3 Å². The molecule has 1 aliphatic carbocycles. The van der Waals surface area contributed by atoms with Crippen LogP contribution in [0.3, 0.4) is 0 Å². The largest absolute Gasteiger partial charge is 0.369 e. The van der Waals surface area contributed by atoms with Crippen molar-refractivity contribution in [3.63, 3.8) is 0 Å². The number of hydrogen-bond donors (Lipinski definition) is 1. The molecule has 1 N–H and O–H groups in total. The molecule has 5 heteroatoms. The second kappa shape index (κ2) is 5.82. The van der Waals surface area contributed by atoms with E-state index in [1.54, 1.807) is 11.3 Å². The van der Waals surface area contributed by atoms with Crippen molar-refractivity contribution in [1.29, 1.82) is 0 Å². The summed E-state index contributed by atoms with van der Waals surface area (Å²) < 4.78 is 1.05. The van der Waals surface area contributed by atoms with Crippen LogP contribution in [0, 0.1) is 6.92 Å². The Balaban J connectivity index is 2.03. The molecule has 3 rings (SSSR count). The van der Waals surface area contributed by atoms with Crippen LogP contribution >= 0.6 is 27.3 Å². The van der Waals surface area contributed by atoms with Crippen LogP contribution in [0.5, 0.6) is 0 Å². The molecule has 1 aliphatic rings. The van der Waals surface area contributed by atoms with Crippen molar-refractivity contribution in [1.82, 2.24) is 9.97 Å². The van der Waals surface area contributed by atoms with Gasteiger partial charge < -0.3 is 5.32 Å². The third-order valence-electron chi connectivity index (χ3n) is 3.34. The molecule has 3 nitrogen and oxygen atoms in total. The van der Waals surface area contributed by atoms with Crippen LogP contribution in [0.4, 0.5) is 5.82 Å². The van der Waals surface area contributed by atoms with E-state index in [0.717, 1.165) is 34.0 Å². The number of rotatable bonds is 5. The second-order valence-corrected chi connectivity index (χ2v) is 7.29. The van der Waals surface area contributed by atoms with Gasteiger partial charge in [-0.1, -0.05) is 6.92 Å². The topological polar surface area (TPSA) is 37.8 Å². The average Bonchev–Trinajstić information content (AvgIpc) is 3.19. The summed E-state index contributed by atoms with van der Waals surface area (Å²) in [5.74, 6) is 2.39. The van der Waals surface area contributed by atoms with E-state index in [2.05, 4.69) is 47.2 Å². The fourth-order valence-electron chi connectivity index (χ4n) is 2.12. The minimum Gasteiger partial charge on any atom is -0.369 e. The molecule has 1 fully saturated rings. The highest BCUT2D eigenvalue weighted by Gasteiger charge is 2.29. The Morgan fingerprint density at radius 3 is 2.75 bits per heavy atom. The minimum atomic E-state index is 0.606. The lowest BCUT2D eigenvalue weighted by atomic mass is 10.2.